The van der Waals surface area contributed by atoms with Crippen LogP contribution in [0.5, 0.6) is 0 Å². The summed E-state index contributed by atoms with van der Waals surface area (Å²) in [5.74, 6) is -1.33. The summed E-state index contributed by atoms with van der Waals surface area (Å²) < 4.78 is 0. The first-order valence-corrected chi connectivity index (χ1v) is 9.20. The van der Waals surface area contributed by atoms with Crippen LogP contribution in [0.2, 0.25) is 0 Å². The largest absolute Gasteiger partial charge is 0.481 e. The summed E-state index contributed by atoms with van der Waals surface area (Å²) in [5.41, 5.74) is 1.85. The molecule has 1 aromatic heterocycles. The van der Waals surface area contributed by atoms with Crippen molar-refractivity contribution in [3.63, 3.8) is 0 Å². The van der Waals surface area contributed by atoms with Gasteiger partial charge < -0.3 is 15.3 Å². The van der Waals surface area contributed by atoms with Gasteiger partial charge in [0.1, 0.15) is 5.82 Å². The average Bonchev–Trinajstić information content (AvgIpc) is 3.27. The van der Waals surface area contributed by atoms with Crippen LogP contribution in [-0.4, -0.2) is 36.1 Å². The Labute approximate surface area is 157 Å². The number of nitrogens with zero attached hydrogens (tertiary/aromatic N) is 2. The van der Waals surface area contributed by atoms with Gasteiger partial charge in [0.25, 0.3) is 0 Å². The molecule has 6 heteroatoms. The molecule has 1 heterocycles. The number of carbonyl (C=O) groups excluding carboxylic acids is 1. The minimum atomic E-state index is -0.878. The van der Waals surface area contributed by atoms with E-state index in [0.29, 0.717) is 6.54 Å². The normalized spacial score (nSPS) is 25.7. The molecule has 2 bridgehead atoms. The predicted octanol–water partition coefficient (Wildman–Crippen LogP) is 2.44. The molecule has 0 unspecified atom stereocenters. The minimum absolute atomic E-state index is 0.0228. The standard InChI is InChI=1S/C21H23N3O3/c1-24(2)17-10-14(15-5-3-4-6-16(15)23-17)11-22-20(25)18-12-7-8-13(9-12)19(18)21(26)27/h3-8,10,12-13,18-19H,9,11H2,1-2H3,(H,22,25)(H,26,27)/t12-,13-,18-,19+/m0/s1. The second-order valence-corrected chi connectivity index (χ2v) is 7.61. The maximum absolute atomic E-state index is 12.8. The summed E-state index contributed by atoms with van der Waals surface area (Å²) in [6.07, 6.45) is 4.71. The molecule has 2 N–H and O–H groups in total. The Morgan fingerprint density at radius 3 is 2.59 bits per heavy atom. The molecule has 1 saturated carbocycles. The Morgan fingerprint density at radius 1 is 1.19 bits per heavy atom. The van der Waals surface area contributed by atoms with Crippen molar-refractivity contribution < 1.29 is 14.7 Å². The lowest BCUT2D eigenvalue weighted by Gasteiger charge is -2.24. The third kappa shape index (κ3) is 3.05. The first-order chi connectivity index (χ1) is 13.0. The molecule has 0 radical (unpaired) electrons. The monoisotopic (exact) mass is 365 g/mol. The molecule has 0 spiro atoms. The molecule has 140 valence electrons. The summed E-state index contributed by atoms with van der Waals surface area (Å²) >= 11 is 0. The fourth-order valence-electron chi connectivity index (χ4n) is 4.42. The van der Waals surface area contributed by atoms with Crippen LogP contribution in [0.4, 0.5) is 5.82 Å². The highest BCUT2D eigenvalue weighted by molar-refractivity contribution is 5.88. The number of anilines is 1. The van der Waals surface area contributed by atoms with E-state index in [4.69, 9.17) is 0 Å². The van der Waals surface area contributed by atoms with Crippen LogP contribution in [-0.2, 0) is 16.1 Å². The molecular formula is C21H23N3O3. The number of benzene rings is 1. The number of amides is 1. The number of fused-ring (bicyclic) bond motifs is 3. The molecule has 4 atom stereocenters. The van der Waals surface area contributed by atoms with Crippen molar-refractivity contribution >= 4 is 28.6 Å². The lowest BCUT2D eigenvalue weighted by atomic mass is 9.82. The second kappa shape index (κ2) is 6.68. The van der Waals surface area contributed by atoms with Crippen molar-refractivity contribution in [3.05, 3.63) is 48.0 Å². The summed E-state index contributed by atoms with van der Waals surface area (Å²) in [7, 11) is 3.86. The quantitative estimate of drug-likeness (QED) is 0.796. The topological polar surface area (TPSA) is 82.5 Å². The molecule has 2 aromatic rings. The van der Waals surface area contributed by atoms with E-state index in [9.17, 15) is 14.7 Å². The predicted molar refractivity (Wildman–Crippen MR) is 103 cm³/mol. The zero-order chi connectivity index (χ0) is 19.1. The minimum Gasteiger partial charge on any atom is -0.481 e. The van der Waals surface area contributed by atoms with Gasteiger partial charge in [-0.05, 0) is 36.0 Å². The van der Waals surface area contributed by atoms with Crippen molar-refractivity contribution in [2.45, 2.75) is 13.0 Å². The van der Waals surface area contributed by atoms with Gasteiger partial charge in [-0.15, -0.1) is 0 Å². The molecule has 1 aromatic carbocycles. The van der Waals surface area contributed by atoms with Crippen LogP contribution >= 0.6 is 0 Å². The van der Waals surface area contributed by atoms with Gasteiger partial charge in [0, 0.05) is 26.0 Å². The number of nitrogens with one attached hydrogen (secondary N) is 1. The highest BCUT2D eigenvalue weighted by Crippen LogP contribution is 2.48. The average molecular weight is 365 g/mol. The van der Waals surface area contributed by atoms with Gasteiger partial charge in [-0.25, -0.2) is 4.98 Å². The molecule has 27 heavy (non-hydrogen) atoms. The highest BCUT2D eigenvalue weighted by atomic mass is 16.4. The number of hydrogen-bond donors (Lipinski definition) is 2. The first kappa shape index (κ1) is 17.5. The fraction of sp³-hybridized carbons (Fsp3) is 0.381. The van der Waals surface area contributed by atoms with Crippen LogP contribution < -0.4 is 10.2 Å². The summed E-state index contributed by atoms with van der Waals surface area (Å²) in [6.45, 7) is 0.354. The van der Waals surface area contributed by atoms with Crippen LogP contribution in [0.25, 0.3) is 10.9 Å². The maximum Gasteiger partial charge on any atom is 0.307 e. The number of carboxylic acids is 1. The van der Waals surface area contributed by atoms with E-state index in [0.717, 1.165) is 28.7 Å². The Bertz CT molecular complexity index is 937. The molecule has 0 aliphatic heterocycles. The van der Waals surface area contributed by atoms with Gasteiger partial charge in [-0.2, -0.15) is 0 Å². The van der Waals surface area contributed by atoms with Crippen molar-refractivity contribution in [3.8, 4) is 0 Å². The van der Waals surface area contributed by atoms with Crippen molar-refractivity contribution in [2.75, 3.05) is 19.0 Å². The van der Waals surface area contributed by atoms with Gasteiger partial charge in [0.15, 0.2) is 0 Å². The van der Waals surface area contributed by atoms with Crippen LogP contribution in [0.1, 0.15) is 12.0 Å². The fourth-order valence-corrected chi connectivity index (χ4v) is 4.42. The second-order valence-electron chi connectivity index (χ2n) is 7.61. The number of allylic oxidation sites excluding steroid dienone is 2. The summed E-state index contributed by atoms with van der Waals surface area (Å²) in [5, 5.41) is 13.5. The number of pyridine rings is 1. The SMILES string of the molecule is CN(C)c1cc(CNC(=O)[C@@H]2[C@H](C(=O)O)[C@H]3C=C[C@H]2C3)c2ccccc2n1. The lowest BCUT2D eigenvalue weighted by molar-refractivity contribution is -0.147. The Morgan fingerprint density at radius 2 is 1.89 bits per heavy atom. The lowest BCUT2D eigenvalue weighted by Crippen LogP contribution is -2.39. The highest BCUT2D eigenvalue weighted by Gasteiger charge is 2.51. The molecule has 2 aliphatic carbocycles. The molecule has 1 fully saturated rings. The number of carboxylic acid groups (broad SMARTS) is 1. The van der Waals surface area contributed by atoms with E-state index >= 15 is 0 Å². The van der Waals surface area contributed by atoms with Crippen LogP contribution in [0.15, 0.2) is 42.5 Å². The number of carbonyl (C=O) groups is 2. The van der Waals surface area contributed by atoms with E-state index in [1.165, 1.54) is 0 Å². The molecule has 4 rings (SSSR count). The zero-order valence-corrected chi connectivity index (χ0v) is 15.4. The summed E-state index contributed by atoms with van der Waals surface area (Å²) in [6, 6.07) is 9.80. The number of aliphatic carboxylic acids is 1. The number of aromatic nitrogens is 1. The zero-order valence-electron chi connectivity index (χ0n) is 15.4. The van der Waals surface area contributed by atoms with Gasteiger partial charge in [0.05, 0.1) is 17.4 Å². The van der Waals surface area contributed by atoms with Gasteiger partial charge in [-0.3, -0.25) is 9.59 Å². The van der Waals surface area contributed by atoms with Gasteiger partial charge in [0.2, 0.25) is 5.91 Å². The van der Waals surface area contributed by atoms with E-state index in [1.807, 2.05) is 61.5 Å². The number of hydrogen-bond acceptors (Lipinski definition) is 4. The molecule has 6 nitrogen and oxygen atoms in total. The smallest absolute Gasteiger partial charge is 0.307 e. The molecule has 1 amide bonds. The molecule has 0 saturated heterocycles. The summed E-state index contributed by atoms with van der Waals surface area (Å²) in [4.78, 5) is 31.1. The van der Waals surface area contributed by atoms with E-state index in [-0.39, 0.29) is 17.7 Å². The van der Waals surface area contributed by atoms with E-state index in [1.54, 1.807) is 0 Å². The van der Waals surface area contributed by atoms with E-state index in [2.05, 4.69) is 10.3 Å². The van der Waals surface area contributed by atoms with Crippen molar-refractivity contribution in [2.24, 2.45) is 23.7 Å². The third-order valence-electron chi connectivity index (χ3n) is 5.75. The number of para-hydroxylation sites is 1. The maximum atomic E-state index is 12.8. The first-order valence-electron chi connectivity index (χ1n) is 9.20. The van der Waals surface area contributed by atoms with Crippen molar-refractivity contribution in [1.29, 1.82) is 0 Å². The van der Waals surface area contributed by atoms with Gasteiger partial charge >= 0.3 is 5.97 Å². The number of rotatable bonds is 5. The Kier molecular flexibility index (Phi) is 4.34. The molecular weight excluding hydrogens is 342 g/mol. The van der Waals surface area contributed by atoms with Crippen LogP contribution in [0, 0.1) is 23.7 Å². The van der Waals surface area contributed by atoms with Crippen molar-refractivity contribution in [1.82, 2.24) is 10.3 Å². The van der Waals surface area contributed by atoms with Gasteiger partial charge in [-0.1, -0.05) is 30.4 Å². The Hall–Kier alpha value is -2.89. The third-order valence-corrected chi connectivity index (χ3v) is 5.75. The molecule has 2 aliphatic rings. The van der Waals surface area contributed by atoms with Crippen LogP contribution in [0.3, 0.4) is 0 Å². The van der Waals surface area contributed by atoms with E-state index < -0.39 is 17.8 Å². The Balaban J connectivity index is 1.57.